The van der Waals surface area contributed by atoms with Crippen molar-refractivity contribution in [1.29, 1.82) is 0 Å². The number of hydrogen-bond acceptors (Lipinski definition) is 3. The van der Waals surface area contributed by atoms with E-state index in [9.17, 15) is 14.0 Å². The number of para-hydroxylation sites is 1. The first-order valence-corrected chi connectivity index (χ1v) is 10.3. The molecule has 0 saturated carbocycles. The molecule has 0 aliphatic rings. The average molecular weight is 426 g/mol. The zero-order chi connectivity index (χ0) is 22.2. The minimum atomic E-state index is -0.293. The molecule has 0 bridgehead atoms. The molecule has 0 aliphatic carbocycles. The summed E-state index contributed by atoms with van der Waals surface area (Å²) >= 11 is 0. The number of benzene rings is 2. The molecule has 3 rings (SSSR count). The normalized spacial score (nSPS) is 10.9. The van der Waals surface area contributed by atoms with Gasteiger partial charge in [-0.1, -0.05) is 18.2 Å². The summed E-state index contributed by atoms with van der Waals surface area (Å²) in [5.41, 5.74) is 3.72. The summed E-state index contributed by atoms with van der Waals surface area (Å²) in [5.74, 6) is -0.591. The van der Waals surface area contributed by atoms with Crippen LogP contribution in [0.5, 0.6) is 0 Å². The number of H-pyrrole nitrogens is 1. The number of nitrogens with one attached hydrogen (secondary N) is 2. The lowest BCUT2D eigenvalue weighted by molar-refractivity contribution is -0.134. The first-order valence-electron chi connectivity index (χ1n) is 10.3. The number of amides is 2. The van der Waals surface area contributed by atoms with Crippen molar-refractivity contribution in [3.8, 4) is 11.3 Å². The average Bonchev–Trinajstić information content (AvgIpc) is 3.14. The number of nitrogens with zero attached hydrogens (tertiary/aromatic N) is 1. The largest absolute Gasteiger partial charge is 0.385 e. The molecular formula is C24H28FN3O3. The highest BCUT2D eigenvalue weighted by atomic mass is 19.1. The Morgan fingerprint density at radius 2 is 1.87 bits per heavy atom. The second-order valence-electron chi connectivity index (χ2n) is 7.48. The molecule has 164 valence electrons. The Balaban J connectivity index is 1.67. The maximum absolute atomic E-state index is 13.4. The Kier molecular flexibility index (Phi) is 7.78. The smallest absolute Gasteiger partial charge is 0.239 e. The van der Waals surface area contributed by atoms with Gasteiger partial charge in [-0.15, -0.1) is 0 Å². The predicted octanol–water partition coefficient (Wildman–Crippen LogP) is 3.52. The summed E-state index contributed by atoms with van der Waals surface area (Å²) in [6, 6.07) is 14.2. The lowest BCUT2D eigenvalue weighted by Gasteiger charge is -2.17. The number of carbonyl (C=O) groups excluding carboxylic acids is 2. The number of rotatable bonds is 10. The van der Waals surface area contributed by atoms with Crippen LogP contribution in [-0.4, -0.2) is 55.6 Å². The molecule has 1 aromatic heterocycles. The SMILES string of the molecule is COCCCNC(=O)CN(C)C(=O)CCc1c(-c2ccc(F)cc2)[nH]c2ccccc12. The zero-order valence-electron chi connectivity index (χ0n) is 17.9. The fraction of sp³-hybridized carbons (Fsp3) is 0.333. The highest BCUT2D eigenvalue weighted by molar-refractivity contribution is 5.91. The molecular weight excluding hydrogens is 397 g/mol. The summed E-state index contributed by atoms with van der Waals surface area (Å²) in [4.78, 5) is 29.5. The highest BCUT2D eigenvalue weighted by Crippen LogP contribution is 2.31. The Morgan fingerprint density at radius 3 is 2.61 bits per heavy atom. The third-order valence-corrected chi connectivity index (χ3v) is 5.19. The Labute approximate surface area is 181 Å². The van der Waals surface area contributed by atoms with E-state index < -0.39 is 0 Å². The summed E-state index contributed by atoms with van der Waals surface area (Å²) in [7, 11) is 3.25. The van der Waals surface area contributed by atoms with E-state index in [0.717, 1.165) is 34.1 Å². The second-order valence-corrected chi connectivity index (χ2v) is 7.48. The molecule has 31 heavy (non-hydrogen) atoms. The molecule has 1 heterocycles. The van der Waals surface area contributed by atoms with Crippen LogP contribution >= 0.6 is 0 Å². The highest BCUT2D eigenvalue weighted by Gasteiger charge is 2.17. The van der Waals surface area contributed by atoms with E-state index in [1.807, 2.05) is 24.3 Å². The number of fused-ring (bicyclic) bond motifs is 1. The molecule has 0 saturated heterocycles. The standard InChI is InChI=1S/C24H28FN3O3/c1-28(16-22(29)26-14-5-15-31-2)23(30)13-12-20-19-6-3-4-7-21(19)27-24(20)17-8-10-18(25)11-9-17/h3-4,6-11,27H,5,12-16H2,1-2H3,(H,26,29). The van der Waals surface area contributed by atoms with E-state index >= 15 is 0 Å². The number of aryl methyl sites for hydroxylation is 1. The minimum absolute atomic E-state index is 0.0184. The lowest BCUT2D eigenvalue weighted by atomic mass is 10.0. The lowest BCUT2D eigenvalue weighted by Crippen LogP contribution is -2.38. The molecule has 0 radical (unpaired) electrons. The Bertz CT molecular complexity index is 1030. The maximum atomic E-state index is 13.4. The number of hydrogen-bond donors (Lipinski definition) is 2. The van der Waals surface area contributed by atoms with Gasteiger partial charge in [0.05, 0.1) is 6.54 Å². The van der Waals surface area contributed by atoms with Gasteiger partial charge in [0.1, 0.15) is 5.82 Å². The number of halogens is 1. The van der Waals surface area contributed by atoms with E-state index in [1.165, 1.54) is 17.0 Å². The fourth-order valence-corrected chi connectivity index (χ4v) is 3.55. The van der Waals surface area contributed by atoms with Crippen LogP contribution in [0.15, 0.2) is 48.5 Å². The molecule has 0 atom stereocenters. The van der Waals surface area contributed by atoms with E-state index in [1.54, 1.807) is 26.3 Å². The molecule has 0 unspecified atom stereocenters. The van der Waals surface area contributed by atoms with E-state index in [-0.39, 0.29) is 30.6 Å². The molecule has 3 aromatic rings. The summed E-state index contributed by atoms with van der Waals surface area (Å²) in [6.07, 6.45) is 1.51. The van der Waals surface area contributed by atoms with Gasteiger partial charge in [0, 0.05) is 50.3 Å². The van der Waals surface area contributed by atoms with Crippen molar-refractivity contribution in [2.24, 2.45) is 0 Å². The van der Waals surface area contributed by atoms with E-state index in [4.69, 9.17) is 4.74 Å². The molecule has 0 aliphatic heterocycles. The number of likely N-dealkylation sites (N-methyl/N-ethyl adjacent to an activating group) is 1. The Morgan fingerprint density at radius 1 is 1.13 bits per heavy atom. The van der Waals surface area contributed by atoms with Crippen LogP contribution in [0.4, 0.5) is 4.39 Å². The number of aromatic amines is 1. The van der Waals surface area contributed by atoms with Crippen LogP contribution in [0, 0.1) is 5.82 Å². The monoisotopic (exact) mass is 425 g/mol. The van der Waals surface area contributed by atoms with Crippen molar-refractivity contribution < 1.29 is 18.7 Å². The van der Waals surface area contributed by atoms with Gasteiger partial charge >= 0.3 is 0 Å². The van der Waals surface area contributed by atoms with Gasteiger partial charge in [0.2, 0.25) is 11.8 Å². The van der Waals surface area contributed by atoms with Crippen molar-refractivity contribution in [3.63, 3.8) is 0 Å². The van der Waals surface area contributed by atoms with Crippen LogP contribution in [0.3, 0.4) is 0 Å². The van der Waals surface area contributed by atoms with Gasteiger partial charge in [-0.25, -0.2) is 4.39 Å². The molecule has 2 amide bonds. The van der Waals surface area contributed by atoms with Gasteiger partial charge in [-0.05, 0) is 54.3 Å². The molecule has 0 fully saturated rings. The third kappa shape index (κ3) is 5.92. The molecule has 0 spiro atoms. The number of carbonyl (C=O) groups is 2. The molecule has 7 heteroatoms. The zero-order valence-corrected chi connectivity index (χ0v) is 17.9. The molecule has 6 nitrogen and oxygen atoms in total. The predicted molar refractivity (Wildman–Crippen MR) is 119 cm³/mol. The van der Waals surface area contributed by atoms with E-state index in [2.05, 4.69) is 10.3 Å². The van der Waals surface area contributed by atoms with Gasteiger partial charge in [0.25, 0.3) is 0 Å². The van der Waals surface area contributed by atoms with E-state index in [0.29, 0.717) is 19.6 Å². The fourth-order valence-electron chi connectivity index (χ4n) is 3.55. The van der Waals surface area contributed by atoms with Crippen molar-refractivity contribution in [2.75, 3.05) is 33.9 Å². The first kappa shape index (κ1) is 22.5. The Hall–Kier alpha value is -3.19. The third-order valence-electron chi connectivity index (χ3n) is 5.19. The molecule has 2 N–H and O–H groups in total. The van der Waals surface area contributed by atoms with Crippen LogP contribution < -0.4 is 5.32 Å². The van der Waals surface area contributed by atoms with Crippen molar-refractivity contribution in [1.82, 2.24) is 15.2 Å². The topological polar surface area (TPSA) is 74.4 Å². The number of ether oxygens (including phenoxy) is 1. The molecule has 2 aromatic carbocycles. The van der Waals surface area contributed by atoms with Crippen LogP contribution in [0.2, 0.25) is 0 Å². The van der Waals surface area contributed by atoms with Gasteiger partial charge in [-0.2, -0.15) is 0 Å². The van der Waals surface area contributed by atoms with Gasteiger partial charge < -0.3 is 19.9 Å². The quantitative estimate of drug-likeness (QED) is 0.488. The summed E-state index contributed by atoms with van der Waals surface area (Å²) in [6.45, 7) is 1.12. The van der Waals surface area contributed by atoms with Crippen LogP contribution in [0.25, 0.3) is 22.2 Å². The number of aromatic nitrogens is 1. The van der Waals surface area contributed by atoms with Gasteiger partial charge in [0.15, 0.2) is 0 Å². The van der Waals surface area contributed by atoms with Crippen molar-refractivity contribution >= 4 is 22.7 Å². The van der Waals surface area contributed by atoms with Crippen molar-refractivity contribution in [3.05, 3.63) is 59.9 Å². The second kappa shape index (κ2) is 10.7. The summed E-state index contributed by atoms with van der Waals surface area (Å²) in [5, 5.41) is 3.82. The first-order chi connectivity index (χ1) is 15.0. The van der Waals surface area contributed by atoms with Crippen LogP contribution in [0.1, 0.15) is 18.4 Å². The maximum Gasteiger partial charge on any atom is 0.239 e. The van der Waals surface area contributed by atoms with Crippen molar-refractivity contribution in [2.45, 2.75) is 19.3 Å². The van der Waals surface area contributed by atoms with Crippen LogP contribution in [-0.2, 0) is 20.7 Å². The summed E-state index contributed by atoms with van der Waals surface area (Å²) < 4.78 is 18.3. The minimum Gasteiger partial charge on any atom is -0.385 e. The van der Waals surface area contributed by atoms with Gasteiger partial charge in [-0.3, -0.25) is 9.59 Å². The number of methoxy groups -OCH3 is 1.